The van der Waals surface area contributed by atoms with Gasteiger partial charge in [0.2, 0.25) is 0 Å². The van der Waals surface area contributed by atoms with Gasteiger partial charge in [-0.1, -0.05) is 19.1 Å². The smallest absolute Gasteiger partial charge is 0.139 e. The lowest BCUT2D eigenvalue weighted by Crippen LogP contribution is -2.42. The Bertz CT molecular complexity index is 541. The number of piperidine rings is 1. The molecule has 2 atom stereocenters. The molecule has 1 aliphatic heterocycles. The van der Waals surface area contributed by atoms with Crippen molar-refractivity contribution >= 4 is 23.0 Å². The van der Waals surface area contributed by atoms with Crippen LogP contribution in [-0.4, -0.2) is 22.6 Å². The van der Waals surface area contributed by atoms with Crippen molar-refractivity contribution < 1.29 is 0 Å². The summed E-state index contributed by atoms with van der Waals surface area (Å²) in [7, 11) is 0. The largest absolute Gasteiger partial charge is 0.389 e. The minimum atomic E-state index is 0.480. The summed E-state index contributed by atoms with van der Waals surface area (Å²) in [6, 6.07) is 2.70. The molecule has 0 saturated carbocycles. The summed E-state index contributed by atoms with van der Waals surface area (Å²) < 4.78 is 0. The molecule has 1 aliphatic carbocycles. The van der Waals surface area contributed by atoms with E-state index in [1.165, 1.54) is 30.5 Å². The van der Waals surface area contributed by atoms with Gasteiger partial charge in [-0.15, -0.1) is 0 Å². The van der Waals surface area contributed by atoms with Crippen LogP contribution in [0.25, 0.3) is 0 Å². The molecular formula is C16H23N3S. The van der Waals surface area contributed by atoms with Crippen molar-refractivity contribution in [2.24, 2.45) is 11.7 Å². The highest BCUT2D eigenvalue weighted by atomic mass is 32.1. The number of aromatic nitrogens is 1. The van der Waals surface area contributed by atoms with Crippen LogP contribution < -0.4 is 10.6 Å². The van der Waals surface area contributed by atoms with E-state index >= 15 is 0 Å². The summed E-state index contributed by atoms with van der Waals surface area (Å²) in [5.74, 6) is 1.82. The molecule has 1 aromatic heterocycles. The minimum Gasteiger partial charge on any atom is -0.389 e. The normalized spacial score (nSPS) is 25.6. The topological polar surface area (TPSA) is 42.2 Å². The summed E-state index contributed by atoms with van der Waals surface area (Å²) in [6.07, 6.45) is 5.86. The lowest BCUT2D eigenvalue weighted by molar-refractivity contribution is 0.376. The van der Waals surface area contributed by atoms with Gasteiger partial charge in [0, 0.05) is 18.3 Å². The van der Waals surface area contributed by atoms with E-state index < -0.39 is 0 Å². The molecule has 4 heteroatoms. The van der Waals surface area contributed by atoms with Gasteiger partial charge in [0.25, 0.3) is 0 Å². The summed E-state index contributed by atoms with van der Waals surface area (Å²) in [5, 5.41) is 0. The Morgan fingerprint density at radius 3 is 2.90 bits per heavy atom. The highest BCUT2D eigenvalue weighted by Crippen LogP contribution is 2.32. The van der Waals surface area contributed by atoms with E-state index in [9.17, 15) is 0 Å². The van der Waals surface area contributed by atoms with E-state index in [0.29, 0.717) is 11.0 Å². The number of rotatable bonds is 2. The van der Waals surface area contributed by atoms with Gasteiger partial charge < -0.3 is 10.6 Å². The summed E-state index contributed by atoms with van der Waals surface area (Å²) in [6.45, 7) is 5.68. The Morgan fingerprint density at radius 2 is 2.20 bits per heavy atom. The molecule has 108 valence electrons. The maximum atomic E-state index is 5.95. The van der Waals surface area contributed by atoms with Gasteiger partial charge in [-0.25, -0.2) is 4.98 Å². The van der Waals surface area contributed by atoms with Crippen molar-refractivity contribution in [3.63, 3.8) is 0 Å². The average Bonchev–Trinajstić information content (AvgIpc) is 2.84. The van der Waals surface area contributed by atoms with E-state index in [4.69, 9.17) is 22.9 Å². The molecule has 0 aromatic carbocycles. The van der Waals surface area contributed by atoms with Crippen LogP contribution in [0.5, 0.6) is 0 Å². The zero-order valence-corrected chi connectivity index (χ0v) is 13.2. The number of fused-ring (bicyclic) bond motifs is 1. The van der Waals surface area contributed by atoms with Crippen molar-refractivity contribution in [2.75, 3.05) is 11.4 Å². The molecule has 1 aromatic rings. The number of thiocarbonyl (C=S) groups is 1. The lowest BCUT2D eigenvalue weighted by Gasteiger charge is -2.38. The van der Waals surface area contributed by atoms with Crippen LogP contribution >= 0.6 is 12.2 Å². The predicted molar refractivity (Wildman–Crippen MR) is 87.4 cm³/mol. The first-order chi connectivity index (χ1) is 9.56. The number of anilines is 1. The lowest BCUT2D eigenvalue weighted by atomic mass is 9.93. The molecule has 20 heavy (non-hydrogen) atoms. The maximum Gasteiger partial charge on any atom is 0.139 e. The van der Waals surface area contributed by atoms with Crippen LogP contribution in [0.2, 0.25) is 0 Å². The number of pyridine rings is 1. The molecular weight excluding hydrogens is 266 g/mol. The zero-order valence-electron chi connectivity index (χ0n) is 12.4. The second-order valence-corrected chi connectivity index (χ2v) is 6.79. The molecule has 0 radical (unpaired) electrons. The van der Waals surface area contributed by atoms with Gasteiger partial charge in [0.1, 0.15) is 10.8 Å². The van der Waals surface area contributed by atoms with E-state index in [1.54, 1.807) is 0 Å². The van der Waals surface area contributed by atoms with Gasteiger partial charge in [-0.05, 0) is 56.6 Å². The quantitative estimate of drug-likeness (QED) is 0.850. The van der Waals surface area contributed by atoms with Crippen LogP contribution in [-0.2, 0) is 12.8 Å². The van der Waals surface area contributed by atoms with Gasteiger partial charge >= 0.3 is 0 Å². The van der Waals surface area contributed by atoms with Crippen molar-refractivity contribution in [3.05, 3.63) is 22.9 Å². The molecule has 2 heterocycles. The van der Waals surface area contributed by atoms with E-state index in [2.05, 4.69) is 24.8 Å². The Kier molecular flexibility index (Phi) is 3.67. The second kappa shape index (κ2) is 5.32. The third-order valence-electron chi connectivity index (χ3n) is 4.71. The van der Waals surface area contributed by atoms with Crippen LogP contribution in [0.3, 0.4) is 0 Å². The van der Waals surface area contributed by atoms with E-state index in [1.807, 2.05) is 0 Å². The number of hydrogen-bond donors (Lipinski definition) is 1. The van der Waals surface area contributed by atoms with Crippen LogP contribution in [0.15, 0.2) is 6.07 Å². The molecule has 0 bridgehead atoms. The molecule has 1 fully saturated rings. The van der Waals surface area contributed by atoms with Crippen molar-refractivity contribution in [1.29, 1.82) is 0 Å². The fraction of sp³-hybridized carbons (Fsp3) is 0.625. The first kappa shape index (κ1) is 13.8. The molecule has 3 rings (SSSR count). The Balaban J connectivity index is 2.01. The average molecular weight is 289 g/mol. The van der Waals surface area contributed by atoms with E-state index in [0.717, 1.165) is 36.7 Å². The molecule has 1 saturated heterocycles. The molecule has 2 aliphatic rings. The fourth-order valence-corrected chi connectivity index (χ4v) is 3.73. The number of aryl methyl sites for hydroxylation is 2. The Hall–Kier alpha value is -1.16. The van der Waals surface area contributed by atoms with Gasteiger partial charge in [-0.3, -0.25) is 0 Å². The molecule has 2 N–H and O–H groups in total. The van der Waals surface area contributed by atoms with Crippen molar-refractivity contribution in [3.8, 4) is 0 Å². The SMILES string of the molecule is CC1CCN(c2nc3c(cc2C(N)=S)CCC3)C(C)C1. The third kappa shape index (κ3) is 2.41. The molecule has 2 unspecified atom stereocenters. The summed E-state index contributed by atoms with van der Waals surface area (Å²) >= 11 is 5.26. The van der Waals surface area contributed by atoms with Crippen molar-refractivity contribution in [2.45, 2.75) is 52.0 Å². The first-order valence-electron chi connectivity index (χ1n) is 7.65. The van der Waals surface area contributed by atoms with Gasteiger partial charge in [0.05, 0.1) is 5.56 Å². The van der Waals surface area contributed by atoms with E-state index in [-0.39, 0.29) is 0 Å². The zero-order chi connectivity index (χ0) is 14.3. The number of hydrogen-bond acceptors (Lipinski definition) is 3. The standard InChI is InChI=1S/C16H23N3S/c1-10-6-7-19(11(2)8-10)16-13(15(17)20)9-12-4-3-5-14(12)18-16/h9-11H,3-8H2,1-2H3,(H2,17,20). The summed E-state index contributed by atoms with van der Waals surface area (Å²) in [5.41, 5.74) is 9.52. The Labute approximate surface area is 126 Å². The van der Waals surface area contributed by atoms with Crippen LogP contribution in [0.4, 0.5) is 5.82 Å². The highest BCUT2D eigenvalue weighted by molar-refractivity contribution is 7.80. The van der Waals surface area contributed by atoms with Crippen LogP contribution in [0, 0.1) is 5.92 Å². The maximum absolute atomic E-state index is 5.95. The number of nitrogens with two attached hydrogens (primary N) is 1. The van der Waals surface area contributed by atoms with Gasteiger partial charge in [-0.2, -0.15) is 0 Å². The predicted octanol–water partition coefficient (Wildman–Crippen LogP) is 2.83. The van der Waals surface area contributed by atoms with Crippen molar-refractivity contribution in [1.82, 2.24) is 4.98 Å². The first-order valence-corrected chi connectivity index (χ1v) is 8.06. The molecule has 0 spiro atoms. The fourth-order valence-electron chi connectivity index (χ4n) is 3.58. The minimum absolute atomic E-state index is 0.480. The van der Waals surface area contributed by atoms with Gasteiger partial charge in [0.15, 0.2) is 0 Å². The molecule has 0 amide bonds. The monoisotopic (exact) mass is 289 g/mol. The molecule has 3 nitrogen and oxygen atoms in total. The summed E-state index contributed by atoms with van der Waals surface area (Å²) in [4.78, 5) is 7.82. The highest BCUT2D eigenvalue weighted by Gasteiger charge is 2.28. The van der Waals surface area contributed by atoms with Crippen LogP contribution in [0.1, 0.15) is 49.9 Å². The second-order valence-electron chi connectivity index (χ2n) is 6.36. The Morgan fingerprint density at radius 1 is 1.40 bits per heavy atom. The third-order valence-corrected chi connectivity index (χ3v) is 4.93. The number of nitrogens with zero attached hydrogens (tertiary/aromatic N) is 2.